The van der Waals surface area contributed by atoms with E-state index in [4.69, 9.17) is 12.2 Å². The molecule has 10 heavy (non-hydrogen) atoms. The van der Waals surface area contributed by atoms with Crippen LogP contribution in [0.3, 0.4) is 0 Å². The van der Waals surface area contributed by atoms with Crippen molar-refractivity contribution in [1.82, 2.24) is 0 Å². The lowest BCUT2D eigenvalue weighted by atomic mass is 10.1. The Balaban J connectivity index is 2.63. The highest BCUT2D eigenvalue weighted by Crippen LogP contribution is 2.23. The van der Waals surface area contributed by atoms with Gasteiger partial charge in [0.05, 0.1) is 4.20 Å². The fraction of sp³-hybridized carbons (Fsp3) is 0.286. The van der Waals surface area contributed by atoms with Crippen LogP contribution in [0.2, 0.25) is 0 Å². The van der Waals surface area contributed by atoms with Crippen LogP contribution in [0.15, 0.2) is 23.8 Å². The third-order valence-corrected chi connectivity index (χ3v) is 3.53. The second kappa shape index (κ2) is 4.27. The number of allylic oxidation sites excluding steroid dienone is 3. The monoisotopic (exact) mass is 188 g/mol. The Kier molecular flexibility index (Phi) is 3.61. The van der Waals surface area contributed by atoms with Gasteiger partial charge >= 0.3 is 0 Å². The molecule has 0 aromatic rings. The molecule has 0 aliphatic heterocycles. The van der Waals surface area contributed by atoms with E-state index in [9.17, 15) is 0 Å². The van der Waals surface area contributed by atoms with E-state index in [2.05, 4.69) is 26.7 Å². The van der Waals surface area contributed by atoms with Crippen molar-refractivity contribution < 1.29 is 0 Å². The fourth-order valence-corrected chi connectivity index (χ4v) is 1.68. The Morgan fingerprint density at radius 3 is 2.90 bits per heavy atom. The van der Waals surface area contributed by atoms with E-state index in [0.717, 1.165) is 17.0 Å². The Labute approximate surface area is 73.1 Å². The molecule has 0 nitrogen and oxygen atoms in total. The molecule has 0 saturated carbocycles. The van der Waals surface area contributed by atoms with Crippen molar-refractivity contribution in [2.24, 2.45) is 0 Å². The van der Waals surface area contributed by atoms with Gasteiger partial charge in [-0.05, 0) is 18.4 Å². The van der Waals surface area contributed by atoms with Crippen LogP contribution in [0.1, 0.15) is 12.8 Å². The van der Waals surface area contributed by atoms with E-state index >= 15 is 0 Å². The molecule has 0 saturated heterocycles. The quantitative estimate of drug-likeness (QED) is 0.458. The zero-order chi connectivity index (χ0) is 7.40. The number of rotatable bonds is 1. The lowest BCUT2D eigenvalue weighted by molar-refractivity contribution is 1.03. The summed E-state index contributed by atoms with van der Waals surface area (Å²) in [6, 6.07) is 0. The zero-order valence-electron chi connectivity index (χ0n) is 5.54. The molecule has 1 aliphatic rings. The third-order valence-electron chi connectivity index (χ3n) is 1.34. The summed E-state index contributed by atoms with van der Waals surface area (Å²) in [7, 11) is 2.57. The second-order valence-electron chi connectivity index (χ2n) is 2.04. The molecule has 0 aromatic carbocycles. The molecule has 54 valence electrons. The number of hydrogen-bond acceptors (Lipinski definition) is 2. The molecular weight excluding hydrogens is 179 g/mol. The molecule has 1 unspecified atom stereocenters. The maximum atomic E-state index is 5.10. The van der Waals surface area contributed by atoms with Crippen LogP contribution < -0.4 is 0 Å². The highest BCUT2D eigenvalue weighted by Gasteiger charge is 2.01. The van der Waals surface area contributed by atoms with Crippen LogP contribution in [-0.2, 0) is 0 Å². The fourth-order valence-electron chi connectivity index (χ4n) is 0.833. The van der Waals surface area contributed by atoms with Crippen molar-refractivity contribution in [2.75, 3.05) is 0 Å². The average molecular weight is 188 g/mol. The average Bonchev–Trinajstić information content (AvgIpc) is 2.05. The van der Waals surface area contributed by atoms with E-state index in [1.807, 2.05) is 0 Å². The van der Waals surface area contributed by atoms with Gasteiger partial charge in [0, 0.05) is 0 Å². The second-order valence-corrected chi connectivity index (χ2v) is 4.06. The SMILES string of the molecule is PSC(=S)C1=CCCC=C1. The van der Waals surface area contributed by atoms with Gasteiger partial charge in [-0.25, -0.2) is 0 Å². The van der Waals surface area contributed by atoms with Crippen molar-refractivity contribution in [3.63, 3.8) is 0 Å². The minimum Gasteiger partial charge on any atom is -0.0932 e. The molecule has 0 amide bonds. The van der Waals surface area contributed by atoms with Gasteiger partial charge in [-0.1, -0.05) is 50.3 Å². The summed E-state index contributed by atoms with van der Waals surface area (Å²) >= 11 is 6.66. The minimum atomic E-state index is 0.973. The van der Waals surface area contributed by atoms with Gasteiger partial charge in [0.25, 0.3) is 0 Å². The summed E-state index contributed by atoms with van der Waals surface area (Å²) < 4.78 is 0.973. The Morgan fingerprint density at radius 1 is 1.60 bits per heavy atom. The van der Waals surface area contributed by atoms with Crippen LogP contribution in [0.5, 0.6) is 0 Å². The van der Waals surface area contributed by atoms with Gasteiger partial charge in [0.15, 0.2) is 0 Å². The lowest BCUT2D eigenvalue weighted by Crippen LogP contribution is -1.91. The topological polar surface area (TPSA) is 0 Å². The maximum absolute atomic E-state index is 5.10. The largest absolute Gasteiger partial charge is 0.0932 e. The zero-order valence-corrected chi connectivity index (χ0v) is 8.33. The lowest BCUT2D eigenvalue weighted by Gasteiger charge is -2.04. The number of hydrogen-bond donors (Lipinski definition) is 0. The third kappa shape index (κ3) is 2.19. The summed E-state index contributed by atoms with van der Waals surface area (Å²) in [6.07, 6.45) is 8.76. The van der Waals surface area contributed by atoms with Crippen molar-refractivity contribution in [3.8, 4) is 0 Å². The summed E-state index contributed by atoms with van der Waals surface area (Å²) in [4.78, 5) is 0. The van der Waals surface area contributed by atoms with Gasteiger partial charge in [0.1, 0.15) is 0 Å². The standard InChI is InChI=1S/C7H9PS2/c8-10-7(9)6-4-2-1-3-5-6/h2,4-5H,1,3,8H2. The van der Waals surface area contributed by atoms with Crippen LogP contribution in [0, 0.1) is 0 Å². The van der Waals surface area contributed by atoms with E-state index in [0.29, 0.717) is 0 Å². The molecule has 0 aromatic heterocycles. The Morgan fingerprint density at radius 2 is 2.40 bits per heavy atom. The molecule has 0 spiro atoms. The minimum absolute atomic E-state index is 0.973. The predicted octanol–water partition coefficient (Wildman–Crippen LogP) is 3.11. The van der Waals surface area contributed by atoms with E-state index in [1.165, 1.54) is 5.57 Å². The molecule has 1 aliphatic carbocycles. The van der Waals surface area contributed by atoms with Crippen LogP contribution >= 0.6 is 32.0 Å². The van der Waals surface area contributed by atoms with Crippen molar-refractivity contribution in [2.45, 2.75) is 12.8 Å². The smallest absolute Gasteiger partial charge is 0.0811 e. The van der Waals surface area contributed by atoms with Crippen molar-refractivity contribution in [1.29, 1.82) is 0 Å². The summed E-state index contributed by atoms with van der Waals surface area (Å²) in [6.45, 7) is 0. The Bertz CT molecular complexity index is 194. The summed E-state index contributed by atoms with van der Waals surface area (Å²) in [5.41, 5.74) is 1.21. The molecule has 0 bridgehead atoms. The van der Waals surface area contributed by atoms with Gasteiger partial charge in [-0.15, -0.1) is 0 Å². The summed E-state index contributed by atoms with van der Waals surface area (Å²) in [5.74, 6) is 0. The predicted molar refractivity (Wildman–Crippen MR) is 56.4 cm³/mol. The molecule has 0 radical (unpaired) electrons. The number of thiocarbonyl (C=S) groups is 1. The molecule has 1 rings (SSSR count). The van der Waals surface area contributed by atoms with E-state index in [-0.39, 0.29) is 0 Å². The first-order valence-corrected chi connectivity index (χ1v) is 5.82. The van der Waals surface area contributed by atoms with Crippen molar-refractivity contribution >= 4 is 36.2 Å². The first-order valence-electron chi connectivity index (χ1n) is 3.12. The highest BCUT2D eigenvalue weighted by molar-refractivity contribution is 8.56. The van der Waals surface area contributed by atoms with Gasteiger partial charge < -0.3 is 0 Å². The highest BCUT2D eigenvalue weighted by atomic mass is 32.7. The first kappa shape index (κ1) is 8.45. The van der Waals surface area contributed by atoms with Crippen LogP contribution in [0.25, 0.3) is 0 Å². The van der Waals surface area contributed by atoms with Gasteiger partial charge in [-0.3, -0.25) is 0 Å². The van der Waals surface area contributed by atoms with Gasteiger partial charge in [0.2, 0.25) is 0 Å². The maximum Gasteiger partial charge on any atom is 0.0811 e. The molecule has 0 fully saturated rings. The summed E-state index contributed by atoms with van der Waals surface area (Å²) in [5, 5.41) is 0. The van der Waals surface area contributed by atoms with E-state index in [1.54, 1.807) is 11.4 Å². The van der Waals surface area contributed by atoms with E-state index < -0.39 is 0 Å². The molecule has 1 atom stereocenters. The van der Waals surface area contributed by atoms with Crippen LogP contribution in [0.4, 0.5) is 0 Å². The normalized spacial score (nSPS) is 16.7. The molecular formula is C7H9PS2. The Hall–Kier alpha value is 0.350. The molecule has 0 N–H and O–H groups in total. The first-order chi connectivity index (χ1) is 4.84. The molecule has 0 heterocycles. The van der Waals surface area contributed by atoms with Crippen molar-refractivity contribution in [3.05, 3.63) is 23.8 Å². The van der Waals surface area contributed by atoms with Gasteiger partial charge in [-0.2, -0.15) is 0 Å². The van der Waals surface area contributed by atoms with Crippen LogP contribution in [-0.4, -0.2) is 4.20 Å². The molecule has 3 heteroatoms.